The molecule has 1 N–H and O–H groups in total. The van der Waals surface area contributed by atoms with Gasteiger partial charge in [-0.3, -0.25) is 9.69 Å². The third kappa shape index (κ3) is 7.97. The molecule has 1 heterocycles. The van der Waals surface area contributed by atoms with Crippen LogP contribution in [-0.4, -0.2) is 54.4 Å². The average Bonchev–Trinajstić information content (AvgIpc) is 3.26. The van der Waals surface area contributed by atoms with Gasteiger partial charge in [0.15, 0.2) is 11.6 Å². The quantitative estimate of drug-likeness (QED) is 0.369. The monoisotopic (exact) mass is 523 g/mol. The molecule has 1 fully saturated rings. The van der Waals surface area contributed by atoms with Crippen molar-refractivity contribution < 1.29 is 28.2 Å². The van der Waals surface area contributed by atoms with Crippen LogP contribution in [-0.2, 0) is 27.1 Å². The third-order valence-electron chi connectivity index (χ3n) is 6.71. The summed E-state index contributed by atoms with van der Waals surface area (Å²) in [6.45, 7) is 7.10. The average molecular weight is 524 g/mol. The highest BCUT2D eigenvalue weighted by atomic mass is 35.5. The second-order valence-electron chi connectivity index (χ2n) is 9.48. The first kappa shape index (κ1) is 28.5. The van der Waals surface area contributed by atoms with E-state index in [4.69, 9.17) is 21.1 Å². The number of aliphatic hydroxyl groups excluding tert-OH is 1. The Morgan fingerprint density at radius 1 is 1.25 bits per heavy atom. The van der Waals surface area contributed by atoms with Gasteiger partial charge in [-0.05, 0) is 93.5 Å². The molecule has 3 rings (SSSR count). The number of ether oxygens (including phenoxy) is 2. The number of halogens is 3. The lowest BCUT2D eigenvalue weighted by Gasteiger charge is -2.28. The van der Waals surface area contributed by atoms with Crippen molar-refractivity contribution >= 4 is 17.6 Å². The van der Waals surface area contributed by atoms with Crippen molar-refractivity contribution in [3.05, 3.63) is 69.2 Å². The number of aliphatic hydroxyl groups is 1. The molecule has 5 nitrogen and oxygen atoms in total. The maximum absolute atomic E-state index is 14.0. The summed E-state index contributed by atoms with van der Waals surface area (Å²) in [5.74, 6) is -2.35. The summed E-state index contributed by atoms with van der Waals surface area (Å²) in [6.07, 6.45) is 1.92. The van der Waals surface area contributed by atoms with Crippen LogP contribution in [0.2, 0.25) is 5.02 Å². The van der Waals surface area contributed by atoms with Crippen LogP contribution in [0.4, 0.5) is 8.78 Å². The summed E-state index contributed by atoms with van der Waals surface area (Å²) < 4.78 is 38.7. The number of aryl methyl sites for hydroxylation is 2. The van der Waals surface area contributed by atoms with E-state index >= 15 is 0 Å². The Morgan fingerprint density at radius 2 is 2.00 bits per heavy atom. The first-order valence-corrected chi connectivity index (χ1v) is 13.0. The maximum Gasteiger partial charge on any atom is 0.306 e. The summed E-state index contributed by atoms with van der Waals surface area (Å²) >= 11 is 6.28. The molecule has 2 aromatic carbocycles. The second-order valence-corrected chi connectivity index (χ2v) is 9.89. The molecular weight excluding hydrogens is 488 g/mol. The number of esters is 1. The first-order valence-electron chi connectivity index (χ1n) is 12.6. The number of nitrogens with zero attached hydrogens (tertiary/aromatic N) is 1. The van der Waals surface area contributed by atoms with E-state index in [1.54, 1.807) is 13.8 Å². The van der Waals surface area contributed by atoms with E-state index in [0.717, 1.165) is 48.5 Å². The van der Waals surface area contributed by atoms with Crippen molar-refractivity contribution in [2.24, 2.45) is 0 Å². The summed E-state index contributed by atoms with van der Waals surface area (Å²) in [5.41, 5.74) is 3.17. The zero-order valence-corrected chi connectivity index (χ0v) is 22.0. The summed E-state index contributed by atoms with van der Waals surface area (Å²) in [6, 6.07) is 8.66. The molecule has 0 amide bonds. The molecule has 198 valence electrons. The van der Waals surface area contributed by atoms with E-state index in [-0.39, 0.29) is 26.1 Å². The molecule has 0 radical (unpaired) electrons. The van der Waals surface area contributed by atoms with Gasteiger partial charge in [-0.15, -0.1) is 0 Å². The zero-order chi connectivity index (χ0) is 26.2. The number of hydrogen-bond acceptors (Lipinski definition) is 5. The number of carbonyl (C=O) groups excluding carboxylic acids is 1. The van der Waals surface area contributed by atoms with Crippen LogP contribution < -0.4 is 0 Å². The van der Waals surface area contributed by atoms with E-state index in [2.05, 4.69) is 11.0 Å². The minimum atomic E-state index is -0.975. The smallest absolute Gasteiger partial charge is 0.306 e. The fraction of sp³-hybridized carbons (Fsp3) is 0.536. The fourth-order valence-corrected chi connectivity index (χ4v) is 4.94. The lowest BCUT2D eigenvalue weighted by atomic mass is 9.98. The standard InChI is InChI=1S/C28H36ClF2NO4/c1-4-35-28(34)10-9-21-14-26(30)27(31)15-24(21)19(3)36-17-23(33)16-32-11-5-6-22(32)12-20-8-7-18(2)25(29)13-20/h7-8,13-15,19,22-23,33H,4-6,9-12,16-17H2,1-3H3/t19-,22+,23-/m1/s1. The minimum absolute atomic E-state index is 0.0526. The Morgan fingerprint density at radius 3 is 2.72 bits per heavy atom. The van der Waals surface area contributed by atoms with Crippen LogP contribution in [0.1, 0.15) is 61.5 Å². The molecule has 1 saturated heterocycles. The number of β-amino-alcohol motifs (C(OH)–C–C–N with tert-alkyl or cyclic N) is 1. The summed E-state index contributed by atoms with van der Waals surface area (Å²) in [4.78, 5) is 14.0. The van der Waals surface area contributed by atoms with Crippen molar-refractivity contribution in [2.45, 2.75) is 71.1 Å². The van der Waals surface area contributed by atoms with Crippen LogP contribution in [0.25, 0.3) is 0 Å². The van der Waals surface area contributed by atoms with Crippen molar-refractivity contribution in [3.8, 4) is 0 Å². The second kappa shape index (κ2) is 13.5. The molecule has 1 aliphatic heterocycles. The number of hydrogen-bond donors (Lipinski definition) is 1. The molecule has 0 bridgehead atoms. The summed E-state index contributed by atoms with van der Waals surface area (Å²) in [5, 5.41) is 11.5. The van der Waals surface area contributed by atoms with E-state index in [9.17, 15) is 18.7 Å². The van der Waals surface area contributed by atoms with Crippen LogP contribution in [0.5, 0.6) is 0 Å². The van der Waals surface area contributed by atoms with Crippen LogP contribution in [0.3, 0.4) is 0 Å². The molecule has 0 saturated carbocycles. The normalized spacial score (nSPS) is 17.8. The van der Waals surface area contributed by atoms with Gasteiger partial charge in [0.1, 0.15) is 0 Å². The first-order chi connectivity index (χ1) is 17.2. The van der Waals surface area contributed by atoms with Gasteiger partial charge >= 0.3 is 5.97 Å². The summed E-state index contributed by atoms with van der Waals surface area (Å²) in [7, 11) is 0. The van der Waals surface area contributed by atoms with Gasteiger partial charge in [-0.1, -0.05) is 23.7 Å². The molecule has 3 atom stereocenters. The predicted octanol–water partition coefficient (Wildman–Crippen LogP) is 5.57. The minimum Gasteiger partial charge on any atom is -0.466 e. The Kier molecular flexibility index (Phi) is 10.7. The van der Waals surface area contributed by atoms with Crippen LogP contribution >= 0.6 is 11.6 Å². The number of carbonyl (C=O) groups is 1. The zero-order valence-electron chi connectivity index (χ0n) is 21.2. The van der Waals surface area contributed by atoms with Gasteiger partial charge in [-0.25, -0.2) is 8.78 Å². The highest BCUT2D eigenvalue weighted by Crippen LogP contribution is 2.27. The Hall–Kier alpha value is -2.06. The molecular formula is C28H36ClF2NO4. The van der Waals surface area contributed by atoms with Gasteiger partial charge in [0.25, 0.3) is 0 Å². The Labute approximate surface area is 217 Å². The van der Waals surface area contributed by atoms with Gasteiger partial charge in [0.2, 0.25) is 0 Å². The van der Waals surface area contributed by atoms with Gasteiger partial charge in [0.05, 0.1) is 25.4 Å². The van der Waals surface area contributed by atoms with E-state index in [1.807, 2.05) is 19.1 Å². The van der Waals surface area contributed by atoms with Gasteiger partial charge < -0.3 is 14.6 Å². The lowest BCUT2D eigenvalue weighted by molar-refractivity contribution is -0.143. The number of benzene rings is 2. The van der Waals surface area contributed by atoms with Gasteiger partial charge in [-0.2, -0.15) is 0 Å². The lowest BCUT2D eigenvalue weighted by Crippen LogP contribution is -2.39. The highest BCUT2D eigenvalue weighted by molar-refractivity contribution is 6.31. The third-order valence-corrected chi connectivity index (χ3v) is 7.12. The van der Waals surface area contributed by atoms with Gasteiger partial charge in [0, 0.05) is 24.0 Å². The number of likely N-dealkylation sites (tertiary alicyclic amines) is 1. The van der Waals surface area contributed by atoms with E-state index in [0.29, 0.717) is 23.7 Å². The molecule has 2 aromatic rings. The topological polar surface area (TPSA) is 59.0 Å². The van der Waals surface area contributed by atoms with Crippen molar-refractivity contribution in [3.63, 3.8) is 0 Å². The number of rotatable bonds is 12. The molecule has 1 aliphatic rings. The molecule has 0 aromatic heterocycles. The predicted molar refractivity (Wildman–Crippen MR) is 136 cm³/mol. The molecule has 8 heteroatoms. The largest absolute Gasteiger partial charge is 0.466 e. The Bertz CT molecular complexity index is 1030. The molecule has 0 spiro atoms. The van der Waals surface area contributed by atoms with E-state index < -0.39 is 29.8 Å². The van der Waals surface area contributed by atoms with Crippen molar-refractivity contribution in [1.29, 1.82) is 0 Å². The highest BCUT2D eigenvalue weighted by Gasteiger charge is 2.27. The van der Waals surface area contributed by atoms with Crippen molar-refractivity contribution in [1.82, 2.24) is 4.90 Å². The Balaban J connectivity index is 1.56. The maximum atomic E-state index is 14.0. The fourth-order valence-electron chi connectivity index (χ4n) is 4.74. The molecule has 36 heavy (non-hydrogen) atoms. The van der Waals surface area contributed by atoms with E-state index in [1.165, 1.54) is 5.56 Å². The van der Waals surface area contributed by atoms with Crippen LogP contribution in [0, 0.1) is 18.6 Å². The molecule has 0 unspecified atom stereocenters. The van der Waals surface area contributed by atoms with Crippen molar-refractivity contribution in [2.75, 3.05) is 26.3 Å². The molecule has 0 aliphatic carbocycles. The SMILES string of the molecule is CCOC(=O)CCc1cc(F)c(F)cc1[C@@H](C)OC[C@H](O)CN1CCC[C@H]1Cc1ccc(C)c(Cl)c1. The van der Waals surface area contributed by atoms with Crippen LogP contribution in [0.15, 0.2) is 30.3 Å².